The highest BCUT2D eigenvalue weighted by Crippen LogP contribution is 2.49. The number of aliphatic carboxylic acids is 2. The van der Waals surface area contributed by atoms with Gasteiger partial charge in [-0.15, -0.1) is 23.5 Å². The standard InChI is InChI=1S/C23H33N4O9PS.C21H30N3O8PS/c1-3-36-37(34,27-17-6-4-16(5-7-17)23(33)25-2)12-13-38-14-18(19(29)8-11-22(31)32)26-21(30)10-9-20(24)35-15-28;1-2-32-33(30,24-16-6-4-3-5-7-16)12-13-34-14-17(18(26)8-11-21(28)29)23-20(27)10-9-19(22)31-15-25/h4-7,12-13,15,18,20H,3,8-11,14,24H2,1-2H3,(H,25,33)(H,26,30)(H,27,34)(H,31,32);3-7,12-13,15,17,19H,2,8-11,14,22H2,1H3,(H,23,27)(H,24,30)(H,28,29)/b;13-12-/t18-,20+,37?;17-,19+,33?/m00/s1. The minimum absolute atomic E-state index is 0.0287. The van der Waals surface area contributed by atoms with Crippen molar-refractivity contribution in [2.75, 3.05) is 41.9 Å². The zero-order chi connectivity index (χ0) is 54.0. The summed E-state index contributed by atoms with van der Waals surface area (Å²) in [7, 11) is -5.36. The van der Waals surface area contributed by atoms with Gasteiger partial charge in [0.1, 0.15) is 0 Å². The Bertz CT molecular complexity index is 2230. The predicted octanol–water partition coefficient (Wildman–Crippen LogP) is 4.74. The van der Waals surface area contributed by atoms with Crippen LogP contribution in [0.1, 0.15) is 75.6 Å². The molecular weight excluding hydrogens is 1020 g/mol. The van der Waals surface area contributed by atoms with Gasteiger partial charge in [0.25, 0.3) is 18.9 Å². The minimum atomic E-state index is -3.51. The Labute approximate surface area is 425 Å². The van der Waals surface area contributed by atoms with Gasteiger partial charge in [-0.1, -0.05) is 18.2 Å². The number of Topliss-reactive ketones (excluding diaryl/α,β-unsaturated/α-hetero) is 2. The second-order valence-corrected chi connectivity index (χ2v) is 20.4. The number of nitrogens with two attached hydrogens (primary N) is 2. The number of benzene rings is 2. The van der Waals surface area contributed by atoms with Gasteiger partial charge in [0, 0.05) is 85.7 Å². The van der Waals surface area contributed by atoms with Crippen LogP contribution in [0.25, 0.3) is 0 Å². The van der Waals surface area contributed by atoms with Gasteiger partial charge in [-0.05, 0) is 61.1 Å². The van der Waals surface area contributed by atoms with Gasteiger partial charge in [-0.25, -0.2) is 0 Å². The first-order valence-electron chi connectivity index (χ1n) is 22.0. The van der Waals surface area contributed by atoms with Crippen LogP contribution in [0, 0.1) is 0 Å². The summed E-state index contributed by atoms with van der Waals surface area (Å²) >= 11 is 2.18. The monoisotopic (exact) mass is 1090 g/mol. The van der Waals surface area contributed by atoms with Crippen LogP contribution >= 0.6 is 38.6 Å². The highest BCUT2D eigenvalue weighted by molar-refractivity contribution is 8.02. The van der Waals surface area contributed by atoms with Gasteiger partial charge in [0.15, 0.2) is 24.0 Å². The van der Waals surface area contributed by atoms with Crippen LogP contribution in [0.15, 0.2) is 77.0 Å². The van der Waals surface area contributed by atoms with Crippen LogP contribution in [0.4, 0.5) is 11.4 Å². The Morgan fingerprint density at radius 3 is 1.39 bits per heavy atom. The van der Waals surface area contributed by atoms with E-state index in [-0.39, 0.29) is 88.5 Å². The molecule has 0 bridgehead atoms. The fourth-order valence-corrected chi connectivity index (χ4v) is 10.8. The lowest BCUT2D eigenvalue weighted by molar-refractivity contribution is -0.139. The molecule has 2 aromatic rings. The van der Waals surface area contributed by atoms with E-state index in [1.165, 1.54) is 29.5 Å². The van der Waals surface area contributed by atoms with E-state index in [1.54, 1.807) is 62.4 Å². The summed E-state index contributed by atoms with van der Waals surface area (Å²) in [5, 5.41) is 33.9. The number of carbonyl (C=O) groups is 9. The highest BCUT2D eigenvalue weighted by Gasteiger charge is 2.25. The Morgan fingerprint density at radius 1 is 0.625 bits per heavy atom. The topological polar surface area (TPSA) is 377 Å². The Balaban J connectivity index is 0.000000724. The summed E-state index contributed by atoms with van der Waals surface area (Å²) < 4.78 is 46.1. The molecule has 0 aliphatic carbocycles. The lowest BCUT2D eigenvalue weighted by Gasteiger charge is -2.18. The fraction of sp³-hybridized carbons (Fsp3) is 0.432. The number of amides is 3. The normalized spacial score (nSPS) is 14.3. The first-order valence-corrected chi connectivity index (χ1v) is 27.5. The van der Waals surface area contributed by atoms with Gasteiger partial charge < -0.3 is 54.9 Å². The number of nitrogens with one attached hydrogen (secondary N) is 5. The molecule has 0 aromatic heterocycles. The van der Waals surface area contributed by atoms with Crippen molar-refractivity contribution in [1.29, 1.82) is 0 Å². The number of hydrogen-bond acceptors (Lipinski definition) is 19. The molecule has 2 unspecified atom stereocenters. The Kier molecular flexibility index (Phi) is 32.2. The third-order valence-electron chi connectivity index (χ3n) is 8.98. The van der Waals surface area contributed by atoms with E-state index >= 15 is 0 Å². The van der Waals surface area contributed by atoms with Crippen molar-refractivity contribution in [2.24, 2.45) is 11.5 Å². The third-order valence-corrected chi connectivity index (χ3v) is 14.6. The number of carbonyl (C=O) groups excluding carboxylic acids is 7. The molecule has 0 spiro atoms. The molecule has 0 heterocycles. The van der Waals surface area contributed by atoms with Crippen molar-refractivity contribution in [2.45, 2.75) is 89.8 Å². The molecule has 398 valence electrons. The molecule has 0 saturated carbocycles. The molecule has 3 amide bonds. The van der Waals surface area contributed by atoms with E-state index in [1.807, 2.05) is 6.07 Å². The number of carboxylic acids is 2. The van der Waals surface area contributed by atoms with Gasteiger partial charge in [-0.2, -0.15) is 0 Å². The SMILES string of the molecule is CCOP(=O)(/C=C\SC[C@H](NC(=O)CC[C@H](N)OC=O)C(=O)CCC(=O)O)Nc1ccccc1.CCOP(=O)(C=CSC[C@H](NC(=O)CC[C@H](N)OC=O)C(=O)CCC(=O)O)Nc1ccc(C(=O)NC)cc1. The number of ether oxygens (including phenoxy) is 2. The molecule has 0 radical (unpaired) electrons. The predicted molar refractivity (Wildman–Crippen MR) is 272 cm³/mol. The largest absolute Gasteiger partial charge is 0.481 e. The number of anilines is 2. The van der Waals surface area contributed by atoms with E-state index in [4.69, 9.17) is 30.7 Å². The maximum absolute atomic E-state index is 13.2. The van der Waals surface area contributed by atoms with Crippen LogP contribution in [0.3, 0.4) is 0 Å². The molecule has 6 atom stereocenters. The first-order chi connectivity index (χ1) is 34.2. The number of ketones is 2. The average molecular weight is 1090 g/mol. The number of rotatable bonds is 37. The summed E-state index contributed by atoms with van der Waals surface area (Å²) in [6, 6.07) is 13.2. The maximum Gasteiger partial charge on any atom is 0.317 e. The molecule has 24 nitrogen and oxygen atoms in total. The first kappa shape index (κ1) is 64.2. The van der Waals surface area contributed by atoms with Crippen molar-refractivity contribution in [3.63, 3.8) is 0 Å². The van der Waals surface area contributed by atoms with Crippen molar-refractivity contribution < 1.29 is 81.0 Å². The van der Waals surface area contributed by atoms with Crippen molar-refractivity contribution in [3.8, 4) is 0 Å². The van der Waals surface area contributed by atoms with Crippen LogP contribution in [0.2, 0.25) is 0 Å². The number of thioether (sulfide) groups is 2. The fourth-order valence-electron chi connectivity index (χ4n) is 5.47. The quantitative estimate of drug-likeness (QED) is 0.0251. The molecule has 11 N–H and O–H groups in total. The van der Waals surface area contributed by atoms with Crippen molar-refractivity contribution >= 4 is 104 Å². The van der Waals surface area contributed by atoms with Crippen LogP contribution in [0.5, 0.6) is 0 Å². The third kappa shape index (κ3) is 28.9. The molecule has 28 heteroatoms. The number of para-hydroxylation sites is 1. The van der Waals surface area contributed by atoms with E-state index in [0.717, 1.165) is 23.5 Å². The molecule has 72 heavy (non-hydrogen) atoms. The molecule has 2 aromatic carbocycles. The van der Waals surface area contributed by atoms with Crippen LogP contribution in [-0.2, 0) is 66.0 Å². The Morgan fingerprint density at radius 2 is 1.03 bits per heavy atom. The van der Waals surface area contributed by atoms with Crippen molar-refractivity contribution in [1.82, 2.24) is 16.0 Å². The summed E-state index contributed by atoms with van der Waals surface area (Å²) in [6.45, 7) is 4.06. The zero-order valence-electron chi connectivity index (χ0n) is 39.8. The summed E-state index contributed by atoms with van der Waals surface area (Å²) in [4.78, 5) is 103. The summed E-state index contributed by atoms with van der Waals surface area (Å²) in [5.74, 6) is -1.75. The van der Waals surface area contributed by atoms with E-state index in [9.17, 15) is 52.3 Å². The lowest BCUT2D eigenvalue weighted by atomic mass is 10.1. The van der Waals surface area contributed by atoms with Crippen LogP contribution in [-0.4, -0.2) is 121 Å². The van der Waals surface area contributed by atoms with Gasteiger partial charge in [-0.3, -0.25) is 63.7 Å². The van der Waals surface area contributed by atoms with E-state index in [2.05, 4.69) is 35.6 Å². The molecule has 0 aliphatic heterocycles. The zero-order valence-corrected chi connectivity index (χ0v) is 43.3. The number of hydrogen-bond donors (Lipinski definition) is 9. The molecular formula is C44H63N7O17P2S2. The van der Waals surface area contributed by atoms with Crippen LogP contribution < -0.4 is 37.6 Å². The van der Waals surface area contributed by atoms with E-state index in [0.29, 0.717) is 16.9 Å². The Hall–Kier alpha value is -5.85. The minimum Gasteiger partial charge on any atom is -0.481 e. The van der Waals surface area contributed by atoms with Crippen molar-refractivity contribution in [3.05, 3.63) is 82.6 Å². The smallest absolute Gasteiger partial charge is 0.317 e. The molecule has 0 saturated heterocycles. The summed E-state index contributed by atoms with van der Waals surface area (Å²) in [6.07, 6.45) is -3.38. The second kappa shape index (κ2) is 36.1. The molecule has 0 fully saturated rings. The molecule has 2 rings (SSSR count). The summed E-state index contributed by atoms with van der Waals surface area (Å²) in [5.41, 5.74) is 12.5. The highest BCUT2D eigenvalue weighted by atomic mass is 32.2. The average Bonchev–Trinajstić information content (AvgIpc) is 3.33. The maximum atomic E-state index is 13.2. The molecule has 0 aliphatic rings. The number of carboxylic acid groups (broad SMARTS) is 2. The van der Waals surface area contributed by atoms with E-state index < -0.39 is 81.3 Å². The van der Waals surface area contributed by atoms with Gasteiger partial charge in [0.2, 0.25) is 11.8 Å². The lowest BCUT2D eigenvalue weighted by Crippen LogP contribution is -2.43. The second-order valence-electron chi connectivity index (χ2n) is 14.6. The van der Waals surface area contributed by atoms with Gasteiger partial charge in [0.05, 0.1) is 38.1 Å². The van der Waals surface area contributed by atoms with Gasteiger partial charge >= 0.3 is 27.0 Å².